The van der Waals surface area contributed by atoms with E-state index in [1.165, 1.54) is 16.9 Å². The molecular formula is C16H23N3OS. The van der Waals surface area contributed by atoms with Gasteiger partial charge >= 0.3 is 0 Å². The highest BCUT2D eigenvalue weighted by molar-refractivity contribution is 7.18. The van der Waals surface area contributed by atoms with Crippen LogP contribution in [0, 0.1) is 0 Å². The highest BCUT2D eigenvalue weighted by Crippen LogP contribution is 2.34. The van der Waals surface area contributed by atoms with Gasteiger partial charge in [-0.25, -0.2) is 4.98 Å². The van der Waals surface area contributed by atoms with Crippen molar-refractivity contribution in [3.05, 3.63) is 27.1 Å². The predicted molar refractivity (Wildman–Crippen MR) is 88.3 cm³/mol. The molecule has 114 valence electrons. The van der Waals surface area contributed by atoms with Crippen molar-refractivity contribution in [2.24, 2.45) is 0 Å². The molecule has 5 heteroatoms. The van der Waals surface area contributed by atoms with E-state index in [0.29, 0.717) is 0 Å². The number of rotatable bonds is 6. The number of nitrogens with zero attached hydrogens (tertiary/aromatic N) is 3. The van der Waals surface area contributed by atoms with Crippen molar-refractivity contribution in [2.75, 3.05) is 19.6 Å². The van der Waals surface area contributed by atoms with Crippen molar-refractivity contribution in [1.29, 1.82) is 0 Å². The molecule has 0 aromatic carbocycles. The molecule has 0 radical (unpaired) electrons. The zero-order chi connectivity index (χ0) is 14.8. The lowest BCUT2D eigenvalue weighted by atomic mass is 10.2. The molecule has 2 heterocycles. The number of fused-ring (bicyclic) bond motifs is 3. The van der Waals surface area contributed by atoms with Crippen molar-refractivity contribution in [2.45, 2.75) is 46.1 Å². The molecule has 0 unspecified atom stereocenters. The second-order valence-electron chi connectivity index (χ2n) is 5.66. The summed E-state index contributed by atoms with van der Waals surface area (Å²) in [5, 5.41) is 0.901. The zero-order valence-corrected chi connectivity index (χ0v) is 13.7. The largest absolute Gasteiger partial charge is 0.304 e. The maximum absolute atomic E-state index is 12.7. The summed E-state index contributed by atoms with van der Waals surface area (Å²) in [6.07, 6.45) is 6.10. The average molecular weight is 305 g/mol. The van der Waals surface area contributed by atoms with Crippen molar-refractivity contribution in [1.82, 2.24) is 14.5 Å². The van der Waals surface area contributed by atoms with Crippen LogP contribution in [0.5, 0.6) is 0 Å². The fourth-order valence-electron chi connectivity index (χ4n) is 3.18. The Morgan fingerprint density at radius 3 is 2.90 bits per heavy atom. The maximum atomic E-state index is 12.7. The van der Waals surface area contributed by atoms with Crippen molar-refractivity contribution >= 4 is 21.6 Å². The van der Waals surface area contributed by atoms with Gasteiger partial charge in [0.2, 0.25) is 0 Å². The molecule has 2 aromatic rings. The molecule has 0 N–H and O–H groups in total. The number of hydrogen-bond acceptors (Lipinski definition) is 4. The second-order valence-corrected chi connectivity index (χ2v) is 6.74. The van der Waals surface area contributed by atoms with E-state index in [9.17, 15) is 4.79 Å². The molecule has 0 saturated heterocycles. The number of thiophene rings is 1. The average Bonchev–Trinajstić information content (AvgIpc) is 3.06. The summed E-state index contributed by atoms with van der Waals surface area (Å²) in [6, 6.07) is 0. The van der Waals surface area contributed by atoms with Crippen molar-refractivity contribution < 1.29 is 0 Å². The molecule has 1 aliphatic rings. The summed E-state index contributed by atoms with van der Waals surface area (Å²) in [5.41, 5.74) is 1.45. The van der Waals surface area contributed by atoms with Crippen LogP contribution in [-0.4, -0.2) is 34.1 Å². The molecule has 4 nitrogen and oxygen atoms in total. The van der Waals surface area contributed by atoms with Crippen LogP contribution < -0.4 is 5.56 Å². The number of aromatic nitrogens is 2. The van der Waals surface area contributed by atoms with Crippen LogP contribution in [0.4, 0.5) is 0 Å². The fourth-order valence-corrected chi connectivity index (χ4v) is 4.40. The molecule has 3 rings (SSSR count). The topological polar surface area (TPSA) is 38.1 Å². The van der Waals surface area contributed by atoms with E-state index in [2.05, 4.69) is 23.7 Å². The van der Waals surface area contributed by atoms with E-state index in [-0.39, 0.29) is 5.56 Å². The first-order chi connectivity index (χ1) is 10.2. The summed E-state index contributed by atoms with van der Waals surface area (Å²) in [6.45, 7) is 8.31. The van der Waals surface area contributed by atoms with Gasteiger partial charge in [0, 0.05) is 11.4 Å². The van der Waals surface area contributed by atoms with Crippen LogP contribution in [0.2, 0.25) is 0 Å². The van der Waals surface area contributed by atoms with Gasteiger partial charge in [-0.05, 0) is 50.9 Å². The predicted octanol–water partition coefficient (Wildman–Crippen LogP) is 2.68. The van der Waals surface area contributed by atoms with E-state index in [1.807, 2.05) is 0 Å². The number of aryl methyl sites for hydroxylation is 3. The van der Waals surface area contributed by atoms with Gasteiger partial charge in [-0.2, -0.15) is 0 Å². The minimum atomic E-state index is 0.166. The Kier molecular flexibility index (Phi) is 4.40. The molecule has 1 aliphatic carbocycles. The summed E-state index contributed by atoms with van der Waals surface area (Å²) in [7, 11) is 0. The van der Waals surface area contributed by atoms with Crippen molar-refractivity contribution in [3.8, 4) is 0 Å². The van der Waals surface area contributed by atoms with Gasteiger partial charge in [-0.1, -0.05) is 13.8 Å². The summed E-state index contributed by atoms with van der Waals surface area (Å²) in [4.78, 5) is 21.9. The third-order valence-electron chi connectivity index (χ3n) is 4.46. The Hall–Kier alpha value is -1.20. The van der Waals surface area contributed by atoms with Gasteiger partial charge in [-0.15, -0.1) is 11.3 Å². The monoisotopic (exact) mass is 305 g/mol. The lowest BCUT2D eigenvalue weighted by Crippen LogP contribution is -2.27. The minimum absolute atomic E-state index is 0.166. The molecule has 21 heavy (non-hydrogen) atoms. The second kappa shape index (κ2) is 6.28. The normalized spacial score (nSPS) is 14.2. The fraction of sp³-hybridized carbons (Fsp3) is 0.625. The van der Waals surface area contributed by atoms with E-state index in [0.717, 1.165) is 55.7 Å². The van der Waals surface area contributed by atoms with Crippen LogP contribution in [0.3, 0.4) is 0 Å². The third-order valence-corrected chi connectivity index (χ3v) is 5.66. The third kappa shape index (κ3) is 2.77. The molecule has 0 fully saturated rings. The number of hydrogen-bond donors (Lipinski definition) is 0. The first-order valence-corrected chi connectivity index (χ1v) is 8.78. The Labute approximate surface area is 129 Å². The van der Waals surface area contributed by atoms with Crippen LogP contribution >= 0.6 is 11.3 Å². The van der Waals surface area contributed by atoms with E-state index in [1.54, 1.807) is 22.2 Å². The highest BCUT2D eigenvalue weighted by Gasteiger charge is 2.21. The van der Waals surface area contributed by atoms with Gasteiger partial charge in [-0.3, -0.25) is 9.36 Å². The van der Waals surface area contributed by atoms with Crippen molar-refractivity contribution in [3.63, 3.8) is 0 Å². The summed E-state index contributed by atoms with van der Waals surface area (Å²) < 4.78 is 1.80. The molecule has 0 aliphatic heterocycles. The molecule has 0 amide bonds. The van der Waals surface area contributed by atoms with Crippen LogP contribution in [-0.2, 0) is 19.4 Å². The van der Waals surface area contributed by atoms with E-state index < -0.39 is 0 Å². The smallest absolute Gasteiger partial charge is 0.262 e. The highest BCUT2D eigenvalue weighted by atomic mass is 32.1. The lowest BCUT2D eigenvalue weighted by molar-refractivity contribution is 0.292. The Bertz CT molecular complexity index is 685. The van der Waals surface area contributed by atoms with Crippen LogP contribution in [0.1, 0.15) is 37.1 Å². The van der Waals surface area contributed by atoms with Crippen LogP contribution in [0.15, 0.2) is 11.1 Å². The zero-order valence-electron chi connectivity index (χ0n) is 12.9. The van der Waals surface area contributed by atoms with Gasteiger partial charge in [0.25, 0.3) is 5.56 Å². The van der Waals surface area contributed by atoms with E-state index in [4.69, 9.17) is 0 Å². The summed E-state index contributed by atoms with van der Waals surface area (Å²) >= 11 is 1.71. The quantitative estimate of drug-likeness (QED) is 0.823. The maximum Gasteiger partial charge on any atom is 0.262 e. The van der Waals surface area contributed by atoms with Crippen LogP contribution in [0.25, 0.3) is 10.2 Å². The molecule has 0 atom stereocenters. The van der Waals surface area contributed by atoms with Gasteiger partial charge in [0.1, 0.15) is 4.83 Å². The van der Waals surface area contributed by atoms with Gasteiger partial charge in [0.05, 0.1) is 11.7 Å². The Morgan fingerprint density at radius 1 is 1.33 bits per heavy atom. The minimum Gasteiger partial charge on any atom is -0.304 e. The Balaban J connectivity index is 1.80. The van der Waals surface area contributed by atoms with Gasteiger partial charge in [0.15, 0.2) is 0 Å². The first-order valence-electron chi connectivity index (χ1n) is 7.96. The first kappa shape index (κ1) is 14.7. The summed E-state index contributed by atoms with van der Waals surface area (Å²) in [5.74, 6) is 0. The molecule has 0 saturated carbocycles. The molecule has 0 bridgehead atoms. The molecular weight excluding hydrogens is 282 g/mol. The molecule has 0 spiro atoms. The SMILES string of the molecule is CCN(CC)CCCn1cnc2sc3c(c2c1=O)CCC3. The lowest BCUT2D eigenvalue weighted by Gasteiger charge is -2.17. The standard InChI is InChI=1S/C16H23N3OS/c1-3-18(4-2)9-6-10-19-11-17-15-14(16(19)20)12-7-5-8-13(12)21-15/h11H,3-10H2,1-2H3. The Morgan fingerprint density at radius 2 is 2.14 bits per heavy atom. The van der Waals surface area contributed by atoms with E-state index >= 15 is 0 Å². The van der Waals surface area contributed by atoms with Gasteiger partial charge < -0.3 is 4.90 Å². The molecule has 2 aromatic heterocycles.